The molecule has 5 heteroatoms. The quantitative estimate of drug-likeness (QED) is 0.936. The van der Waals surface area contributed by atoms with Crippen molar-refractivity contribution in [3.63, 3.8) is 0 Å². The summed E-state index contributed by atoms with van der Waals surface area (Å²) in [5, 5.41) is 4.77. The Morgan fingerprint density at radius 2 is 2.08 bits per heavy atom. The molecule has 2 aromatic rings. The van der Waals surface area contributed by atoms with E-state index in [2.05, 4.69) is 34.8 Å². The molecule has 2 N–H and O–H groups in total. The number of piperidine rings is 3. The fourth-order valence-electron chi connectivity index (χ4n) is 4.45. The summed E-state index contributed by atoms with van der Waals surface area (Å²) in [5.41, 5.74) is 9.47. The van der Waals surface area contributed by atoms with E-state index in [1.807, 2.05) is 12.1 Å². The van der Waals surface area contributed by atoms with Crippen LogP contribution in [0.15, 0.2) is 30.3 Å². The number of methoxy groups -OCH3 is 1. The Kier molecular flexibility index (Phi) is 4.06. The molecule has 3 saturated heterocycles. The van der Waals surface area contributed by atoms with E-state index in [0.29, 0.717) is 12.0 Å². The van der Waals surface area contributed by atoms with Crippen molar-refractivity contribution in [2.45, 2.75) is 24.8 Å². The smallest absolute Gasteiger partial charge is 0.118 e. The number of fused-ring (bicyclic) bond motifs is 3. The van der Waals surface area contributed by atoms with Crippen molar-refractivity contribution >= 4 is 0 Å². The van der Waals surface area contributed by atoms with Crippen LogP contribution in [0.2, 0.25) is 0 Å². The van der Waals surface area contributed by atoms with Gasteiger partial charge in [0.15, 0.2) is 0 Å². The van der Waals surface area contributed by atoms with Gasteiger partial charge in [-0.05, 0) is 55.6 Å². The van der Waals surface area contributed by atoms with Gasteiger partial charge < -0.3 is 10.5 Å². The van der Waals surface area contributed by atoms with Crippen LogP contribution in [0.25, 0.3) is 11.3 Å². The van der Waals surface area contributed by atoms with Crippen molar-refractivity contribution in [2.75, 3.05) is 26.7 Å². The van der Waals surface area contributed by atoms with Crippen molar-refractivity contribution in [1.29, 1.82) is 0 Å². The highest BCUT2D eigenvalue weighted by Crippen LogP contribution is 2.42. The van der Waals surface area contributed by atoms with Crippen molar-refractivity contribution in [3.8, 4) is 17.0 Å². The molecule has 4 atom stereocenters. The number of nitrogens with zero attached hydrogens (tertiary/aromatic N) is 3. The first-order valence-electron chi connectivity index (χ1n) is 8.82. The molecule has 1 aromatic heterocycles. The maximum Gasteiger partial charge on any atom is 0.118 e. The monoisotopic (exact) mass is 326 g/mol. The lowest BCUT2D eigenvalue weighted by atomic mass is 9.74. The number of ether oxygens (including phenoxy) is 1. The third-order valence-electron chi connectivity index (χ3n) is 5.83. The predicted molar refractivity (Wildman–Crippen MR) is 95.1 cm³/mol. The van der Waals surface area contributed by atoms with E-state index < -0.39 is 0 Å². The Hall–Kier alpha value is -1.85. The lowest BCUT2D eigenvalue weighted by Gasteiger charge is -2.49. The Morgan fingerprint density at radius 3 is 2.71 bits per heavy atom. The summed E-state index contributed by atoms with van der Waals surface area (Å²) >= 11 is 0. The normalized spacial score (nSPS) is 29.0. The number of aromatic nitrogens is 2. The molecule has 3 aliphatic heterocycles. The summed E-state index contributed by atoms with van der Waals surface area (Å²) in [5.74, 6) is 2.19. The van der Waals surface area contributed by atoms with E-state index in [-0.39, 0.29) is 0 Å². The molecule has 1 unspecified atom stereocenters. The van der Waals surface area contributed by atoms with Gasteiger partial charge in [0.05, 0.1) is 12.8 Å². The van der Waals surface area contributed by atoms with E-state index in [4.69, 9.17) is 15.6 Å². The molecule has 3 fully saturated rings. The molecule has 0 spiro atoms. The van der Waals surface area contributed by atoms with Gasteiger partial charge in [0, 0.05) is 43.4 Å². The molecule has 0 radical (unpaired) electrons. The van der Waals surface area contributed by atoms with Gasteiger partial charge in [0.1, 0.15) is 5.75 Å². The minimum Gasteiger partial charge on any atom is -0.497 e. The maximum atomic E-state index is 5.94. The molecule has 2 bridgehead atoms. The van der Waals surface area contributed by atoms with Gasteiger partial charge in [-0.1, -0.05) is 0 Å². The zero-order valence-electron chi connectivity index (χ0n) is 14.5. The van der Waals surface area contributed by atoms with Crippen molar-refractivity contribution in [3.05, 3.63) is 36.0 Å². The Labute approximate surface area is 143 Å². The van der Waals surface area contributed by atoms with Gasteiger partial charge in [-0.15, -0.1) is 0 Å². The first-order chi connectivity index (χ1) is 11.7. The Bertz CT molecular complexity index is 709. The summed E-state index contributed by atoms with van der Waals surface area (Å²) in [6.45, 7) is 3.10. The number of rotatable bonds is 4. The average Bonchev–Trinajstić information content (AvgIpc) is 3.03. The van der Waals surface area contributed by atoms with Crippen LogP contribution in [0, 0.1) is 5.92 Å². The van der Waals surface area contributed by atoms with Gasteiger partial charge in [-0.3, -0.25) is 9.58 Å². The van der Waals surface area contributed by atoms with E-state index in [0.717, 1.165) is 36.0 Å². The van der Waals surface area contributed by atoms with Crippen LogP contribution in [0.3, 0.4) is 0 Å². The average molecular weight is 326 g/mol. The molecule has 3 aliphatic rings. The molecule has 5 rings (SSSR count). The molecular formula is C19H26N4O. The van der Waals surface area contributed by atoms with Gasteiger partial charge in [-0.25, -0.2) is 0 Å². The van der Waals surface area contributed by atoms with Gasteiger partial charge in [0.25, 0.3) is 0 Å². The number of aryl methyl sites for hydroxylation is 1. The van der Waals surface area contributed by atoms with Crippen LogP contribution in [-0.2, 0) is 7.05 Å². The van der Waals surface area contributed by atoms with Crippen LogP contribution in [0.1, 0.15) is 24.5 Å². The lowest BCUT2D eigenvalue weighted by Crippen LogP contribution is -2.55. The van der Waals surface area contributed by atoms with Crippen LogP contribution >= 0.6 is 0 Å². The summed E-state index contributed by atoms with van der Waals surface area (Å²) in [6.07, 6.45) is 2.51. The van der Waals surface area contributed by atoms with Crippen LogP contribution in [0.4, 0.5) is 0 Å². The van der Waals surface area contributed by atoms with Crippen LogP contribution in [0.5, 0.6) is 5.75 Å². The first-order valence-corrected chi connectivity index (χ1v) is 8.82. The highest BCUT2D eigenvalue weighted by atomic mass is 16.5. The molecule has 1 aromatic carbocycles. The SMILES string of the molecule is COc1ccc(-c2cc([C@@H]3CN4CC[C@H]3C[C@@H]4CN)n(C)n2)cc1. The topological polar surface area (TPSA) is 56.3 Å². The lowest BCUT2D eigenvalue weighted by molar-refractivity contribution is 0.0322. The molecule has 0 saturated carbocycles. The maximum absolute atomic E-state index is 5.94. The van der Waals surface area contributed by atoms with Crippen molar-refractivity contribution < 1.29 is 4.74 Å². The third kappa shape index (κ3) is 2.62. The largest absolute Gasteiger partial charge is 0.497 e. The fourth-order valence-corrected chi connectivity index (χ4v) is 4.45. The second-order valence-electron chi connectivity index (χ2n) is 7.08. The molecule has 0 amide bonds. The van der Waals surface area contributed by atoms with Gasteiger partial charge in [0.2, 0.25) is 0 Å². The fraction of sp³-hybridized carbons (Fsp3) is 0.526. The molecule has 128 valence electrons. The first kappa shape index (κ1) is 15.7. The standard InChI is InChI=1S/C19H26N4O/c1-22-19(17-12-23-8-7-14(17)9-15(23)11-20)10-18(21-22)13-3-5-16(24-2)6-4-13/h3-6,10,14-15,17H,7-9,11-12,20H2,1-2H3/t14-,15+,17+/m0/s1. The van der Waals surface area contributed by atoms with E-state index >= 15 is 0 Å². The summed E-state index contributed by atoms with van der Waals surface area (Å²) in [7, 11) is 3.76. The molecule has 24 heavy (non-hydrogen) atoms. The van der Waals surface area contributed by atoms with E-state index in [1.165, 1.54) is 25.1 Å². The summed E-state index contributed by atoms with van der Waals surface area (Å²) in [4.78, 5) is 2.57. The third-order valence-corrected chi connectivity index (χ3v) is 5.83. The van der Waals surface area contributed by atoms with E-state index in [9.17, 15) is 0 Å². The number of hydrogen-bond donors (Lipinski definition) is 1. The van der Waals surface area contributed by atoms with Crippen LogP contribution < -0.4 is 10.5 Å². The summed E-state index contributed by atoms with van der Waals surface area (Å²) in [6, 6.07) is 11.0. The number of hydrogen-bond acceptors (Lipinski definition) is 4. The number of benzene rings is 1. The van der Waals surface area contributed by atoms with Crippen molar-refractivity contribution in [2.24, 2.45) is 18.7 Å². The van der Waals surface area contributed by atoms with Crippen molar-refractivity contribution in [1.82, 2.24) is 14.7 Å². The summed E-state index contributed by atoms with van der Waals surface area (Å²) < 4.78 is 7.31. The molecule has 0 aliphatic carbocycles. The minimum atomic E-state index is 0.575. The van der Waals surface area contributed by atoms with Gasteiger partial charge in [-0.2, -0.15) is 5.10 Å². The van der Waals surface area contributed by atoms with Crippen LogP contribution in [-0.4, -0.2) is 47.5 Å². The zero-order chi connectivity index (χ0) is 16.7. The van der Waals surface area contributed by atoms with E-state index in [1.54, 1.807) is 7.11 Å². The predicted octanol–water partition coefficient (Wildman–Crippen LogP) is 2.23. The molecule has 5 nitrogen and oxygen atoms in total. The minimum absolute atomic E-state index is 0.575. The Morgan fingerprint density at radius 1 is 1.29 bits per heavy atom. The highest BCUT2D eigenvalue weighted by Gasteiger charge is 2.41. The Balaban J connectivity index is 1.60. The second kappa shape index (κ2) is 6.22. The number of nitrogens with two attached hydrogens (primary N) is 1. The molecule has 4 heterocycles. The zero-order valence-corrected chi connectivity index (χ0v) is 14.5. The second-order valence-corrected chi connectivity index (χ2v) is 7.08. The molecular weight excluding hydrogens is 300 g/mol. The highest BCUT2D eigenvalue weighted by molar-refractivity contribution is 5.60. The van der Waals surface area contributed by atoms with Gasteiger partial charge >= 0.3 is 0 Å².